The molecule has 0 aliphatic rings. The SMILES string of the molecule is [B]n1ccnc1C. The summed E-state index contributed by atoms with van der Waals surface area (Å²) in [7, 11) is 5.29. The van der Waals surface area contributed by atoms with Gasteiger partial charge in [-0.3, -0.25) is 0 Å². The summed E-state index contributed by atoms with van der Waals surface area (Å²) in [6.07, 6.45) is 3.37. The summed E-state index contributed by atoms with van der Waals surface area (Å²) in [5.41, 5.74) is 0. The van der Waals surface area contributed by atoms with E-state index in [0.29, 0.717) is 0 Å². The molecule has 1 heterocycles. The van der Waals surface area contributed by atoms with E-state index < -0.39 is 0 Å². The van der Waals surface area contributed by atoms with Crippen molar-refractivity contribution in [2.24, 2.45) is 0 Å². The van der Waals surface area contributed by atoms with Crippen LogP contribution in [0.5, 0.6) is 0 Å². The van der Waals surface area contributed by atoms with E-state index in [2.05, 4.69) is 4.98 Å². The Morgan fingerprint density at radius 2 is 2.57 bits per heavy atom. The van der Waals surface area contributed by atoms with Gasteiger partial charge in [-0.05, 0) is 6.92 Å². The smallest absolute Gasteiger partial charge is 0.235 e. The third-order valence-corrected chi connectivity index (χ3v) is 0.862. The monoisotopic (exact) mass is 92.1 g/mol. The molecule has 7 heavy (non-hydrogen) atoms. The van der Waals surface area contributed by atoms with E-state index in [9.17, 15) is 0 Å². The molecule has 0 fully saturated rings. The molecule has 0 saturated carbocycles. The first-order valence-electron chi connectivity index (χ1n) is 2.06. The fourth-order valence-corrected chi connectivity index (χ4v) is 0.388. The summed E-state index contributed by atoms with van der Waals surface area (Å²) < 4.78 is 1.47. The van der Waals surface area contributed by atoms with Gasteiger partial charge >= 0.3 is 0 Å². The van der Waals surface area contributed by atoms with Gasteiger partial charge in [-0.25, -0.2) is 4.98 Å². The highest BCUT2D eigenvalue weighted by Crippen LogP contribution is 1.85. The fraction of sp³-hybridized carbons (Fsp3) is 0.250. The van der Waals surface area contributed by atoms with Crippen LogP contribution >= 0.6 is 0 Å². The Balaban J connectivity index is 3.12. The van der Waals surface area contributed by atoms with Crippen molar-refractivity contribution in [3.8, 4) is 0 Å². The summed E-state index contributed by atoms with van der Waals surface area (Å²) >= 11 is 0. The second-order valence-electron chi connectivity index (χ2n) is 1.38. The van der Waals surface area contributed by atoms with Crippen LogP contribution in [-0.4, -0.2) is 17.4 Å². The molecule has 0 aromatic carbocycles. The van der Waals surface area contributed by atoms with Gasteiger partial charge in [-0.1, -0.05) is 0 Å². The normalized spacial score (nSPS) is 9.29. The van der Waals surface area contributed by atoms with Crippen LogP contribution < -0.4 is 0 Å². The van der Waals surface area contributed by atoms with E-state index in [0.717, 1.165) is 5.82 Å². The highest BCUT2D eigenvalue weighted by atomic mass is 15.0. The number of hydrogen-bond donors (Lipinski definition) is 0. The molecule has 0 unspecified atom stereocenters. The minimum atomic E-state index is 0.833. The lowest BCUT2D eigenvalue weighted by molar-refractivity contribution is 1.08. The van der Waals surface area contributed by atoms with Gasteiger partial charge in [0.05, 0.1) is 5.82 Å². The lowest BCUT2D eigenvalue weighted by atomic mass is 10.4. The minimum Gasteiger partial charge on any atom is -0.391 e. The van der Waals surface area contributed by atoms with Crippen molar-refractivity contribution in [1.29, 1.82) is 0 Å². The van der Waals surface area contributed by atoms with Gasteiger partial charge < -0.3 is 4.48 Å². The Bertz CT molecular complexity index is 142. The number of imidazole rings is 1. The van der Waals surface area contributed by atoms with Crippen LogP contribution in [0.2, 0.25) is 0 Å². The predicted octanol–water partition coefficient (Wildman–Crippen LogP) is 0.123. The number of rotatable bonds is 0. The molecule has 0 spiro atoms. The van der Waals surface area contributed by atoms with Crippen LogP contribution in [0.1, 0.15) is 5.82 Å². The van der Waals surface area contributed by atoms with E-state index in [-0.39, 0.29) is 0 Å². The van der Waals surface area contributed by atoms with Gasteiger partial charge in [0.25, 0.3) is 0 Å². The Morgan fingerprint density at radius 1 is 1.86 bits per heavy atom. The Hall–Kier alpha value is -0.725. The van der Waals surface area contributed by atoms with Crippen molar-refractivity contribution >= 4 is 7.98 Å². The summed E-state index contributed by atoms with van der Waals surface area (Å²) in [5, 5.41) is 0. The summed E-state index contributed by atoms with van der Waals surface area (Å²) in [6, 6.07) is 0. The molecule has 0 aliphatic heterocycles. The van der Waals surface area contributed by atoms with Gasteiger partial charge in [-0.15, -0.1) is 0 Å². The van der Waals surface area contributed by atoms with E-state index in [4.69, 9.17) is 7.98 Å². The molecule has 0 saturated heterocycles. The maximum atomic E-state index is 5.29. The van der Waals surface area contributed by atoms with Crippen LogP contribution in [0.15, 0.2) is 12.4 Å². The Kier molecular flexibility index (Phi) is 0.892. The van der Waals surface area contributed by atoms with Crippen molar-refractivity contribution < 1.29 is 0 Å². The topological polar surface area (TPSA) is 17.8 Å². The molecule has 1 aromatic heterocycles. The Morgan fingerprint density at radius 3 is 2.71 bits per heavy atom. The first-order chi connectivity index (χ1) is 3.30. The molecule has 2 radical (unpaired) electrons. The number of aryl methyl sites for hydroxylation is 1. The van der Waals surface area contributed by atoms with Gasteiger partial charge in [0.15, 0.2) is 0 Å². The van der Waals surface area contributed by atoms with Gasteiger partial charge in [-0.2, -0.15) is 0 Å². The summed E-state index contributed by atoms with van der Waals surface area (Å²) in [6.45, 7) is 1.85. The fourth-order valence-electron chi connectivity index (χ4n) is 0.388. The third kappa shape index (κ3) is 0.658. The quantitative estimate of drug-likeness (QED) is 0.415. The lowest BCUT2D eigenvalue weighted by Crippen LogP contribution is -1.90. The third-order valence-electron chi connectivity index (χ3n) is 0.862. The summed E-state index contributed by atoms with van der Waals surface area (Å²) in [4.78, 5) is 3.85. The number of hydrogen-bond acceptors (Lipinski definition) is 1. The van der Waals surface area contributed by atoms with E-state index in [1.54, 1.807) is 12.4 Å². The highest BCUT2D eigenvalue weighted by molar-refractivity contribution is 6.06. The van der Waals surface area contributed by atoms with Crippen LogP contribution in [-0.2, 0) is 0 Å². The van der Waals surface area contributed by atoms with Crippen LogP contribution in [0.25, 0.3) is 0 Å². The molecule has 0 atom stereocenters. The number of aromatic nitrogens is 2. The molecule has 0 bridgehead atoms. The van der Waals surface area contributed by atoms with Crippen molar-refractivity contribution in [2.45, 2.75) is 6.92 Å². The van der Waals surface area contributed by atoms with Crippen molar-refractivity contribution in [3.05, 3.63) is 18.2 Å². The first kappa shape index (κ1) is 4.43. The van der Waals surface area contributed by atoms with E-state index in [1.165, 1.54) is 4.48 Å². The van der Waals surface area contributed by atoms with Gasteiger partial charge in [0.1, 0.15) is 0 Å². The largest absolute Gasteiger partial charge is 0.391 e. The molecule has 0 amide bonds. The molecular formula is C4H5BN2. The zero-order valence-electron chi connectivity index (χ0n) is 4.13. The summed E-state index contributed by atoms with van der Waals surface area (Å²) in [5.74, 6) is 0.833. The maximum absolute atomic E-state index is 5.29. The second kappa shape index (κ2) is 1.41. The second-order valence-corrected chi connectivity index (χ2v) is 1.38. The average Bonchev–Trinajstić information content (AvgIpc) is 1.91. The molecule has 34 valence electrons. The standard InChI is InChI=1S/C4H5BN2/c1-4-6-2-3-7(4)5/h2-3H,1H3. The van der Waals surface area contributed by atoms with E-state index in [1.807, 2.05) is 6.92 Å². The van der Waals surface area contributed by atoms with Crippen LogP contribution in [0, 0.1) is 6.92 Å². The maximum Gasteiger partial charge on any atom is 0.235 e. The van der Waals surface area contributed by atoms with E-state index >= 15 is 0 Å². The van der Waals surface area contributed by atoms with Crippen LogP contribution in [0.4, 0.5) is 0 Å². The molecule has 3 heteroatoms. The molecule has 0 aliphatic carbocycles. The van der Waals surface area contributed by atoms with Crippen molar-refractivity contribution in [2.75, 3.05) is 0 Å². The Labute approximate surface area is 43.6 Å². The lowest BCUT2D eigenvalue weighted by Gasteiger charge is -1.87. The van der Waals surface area contributed by atoms with Crippen molar-refractivity contribution in [1.82, 2.24) is 9.46 Å². The molecule has 1 rings (SSSR count). The van der Waals surface area contributed by atoms with Crippen LogP contribution in [0.3, 0.4) is 0 Å². The predicted molar refractivity (Wildman–Crippen MR) is 28.1 cm³/mol. The molecular weight excluding hydrogens is 86.9 g/mol. The molecule has 0 N–H and O–H groups in total. The zero-order valence-corrected chi connectivity index (χ0v) is 4.13. The van der Waals surface area contributed by atoms with Gasteiger partial charge in [0, 0.05) is 12.4 Å². The van der Waals surface area contributed by atoms with Crippen molar-refractivity contribution in [3.63, 3.8) is 0 Å². The zero-order chi connectivity index (χ0) is 5.28. The number of nitrogens with zero attached hydrogens (tertiary/aromatic N) is 2. The molecule has 1 aromatic rings. The highest BCUT2D eigenvalue weighted by Gasteiger charge is 1.83. The molecule has 2 nitrogen and oxygen atoms in total. The minimum absolute atomic E-state index is 0.833. The average molecular weight is 91.9 g/mol. The van der Waals surface area contributed by atoms with Gasteiger partial charge in [0.2, 0.25) is 7.98 Å². The first-order valence-corrected chi connectivity index (χ1v) is 2.06.